The van der Waals surface area contributed by atoms with Gasteiger partial charge in [-0.2, -0.15) is 0 Å². The Morgan fingerprint density at radius 1 is 1.23 bits per heavy atom. The summed E-state index contributed by atoms with van der Waals surface area (Å²) in [7, 11) is 0. The van der Waals surface area contributed by atoms with Crippen molar-refractivity contribution in [1.29, 1.82) is 0 Å². The third-order valence-electron chi connectivity index (χ3n) is 3.18. The van der Waals surface area contributed by atoms with E-state index in [2.05, 4.69) is 25.9 Å². The monoisotopic (exact) mass is 375 g/mol. The lowest BCUT2D eigenvalue weighted by Crippen LogP contribution is -2.33. The molecule has 0 unspecified atom stereocenters. The maximum absolute atomic E-state index is 12.7. The van der Waals surface area contributed by atoms with Gasteiger partial charge >= 0.3 is 0 Å². The highest BCUT2D eigenvalue weighted by Gasteiger charge is 2.10. The molecule has 0 aliphatic rings. The molecule has 0 atom stereocenters. The summed E-state index contributed by atoms with van der Waals surface area (Å²) in [4.78, 5) is 23.0. The van der Waals surface area contributed by atoms with E-state index >= 15 is 0 Å². The van der Waals surface area contributed by atoms with E-state index in [1.807, 2.05) is 44.2 Å². The maximum atomic E-state index is 12.7. The third kappa shape index (κ3) is 2.89. The van der Waals surface area contributed by atoms with Gasteiger partial charge in [-0.05, 0) is 50.2 Å². The first-order valence-corrected chi connectivity index (χ1v) is 8.48. The molecule has 0 N–H and O–H groups in total. The average Bonchev–Trinajstić information content (AvgIpc) is 2.49. The molecule has 0 saturated heterocycles. The quantitative estimate of drug-likeness (QED) is 0.678. The van der Waals surface area contributed by atoms with Crippen molar-refractivity contribution in [3.63, 3.8) is 0 Å². The fourth-order valence-electron chi connectivity index (χ4n) is 2.15. The zero-order valence-corrected chi connectivity index (χ0v) is 14.6. The SMILES string of the molecule is CC(C)n1c(=Nc2ccc(Br)cc2)sc2ncccc2c1=O. The van der Waals surface area contributed by atoms with Crippen LogP contribution < -0.4 is 10.4 Å². The Morgan fingerprint density at radius 2 is 1.95 bits per heavy atom. The van der Waals surface area contributed by atoms with Gasteiger partial charge in [-0.3, -0.25) is 9.36 Å². The largest absolute Gasteiger partial charge is 0.281 e. The van der Waals surface area contributed by atoms with Gasteiger partial charge in [0.05, 0.1) is 11.1 Å². The smallest absolute Gasteiger partial charge is 0.263 e. The lowest BCUT2D eigenvalue weighted by atomic mass is 10.3. The van der Waals surface area contributed by atoms with Crippen LogP contribution in [-0.2, 0) is 0 Å². The van der Waals surface area contributed by atoms with Crippen molar-refractivity contribution in [3.8, 4) is 0 Å². The van der Waals surface area contributed by atoms with Crippen LogP contribution in [0.2, 0.25) is 0 Å². The Morgan fingerprint density at radius 3 is 2.64 bits per heavy atom. The van der Waals surface area contributed by atoms with Gasteiger partial charge in [0, 0.05) is 16.7 Å². The molecule has 22 heavy (non-hydrogen) atoms. The molecule has 2 aromatic heterocycles. The second kappa shape index (κ2) is 6.14. The minimum atomic E-state index is -0.0484. The summed E-state index contributed by atoms with van der Waals surface area (Å²) < 4.78 is 2.72. The molecule has 3 aromatic rings. The molecule has 0 radical (unpaired) electrons. The number of hydrogen-bond acceptors (Lipinski definition) is 4. The molecular weight excluding hydrogens is 362 g/mol. The number of hydrogen-bond donors (Lipinski definition) is 0. The van der Waals surface area contributed by atoms with Gasteiger partial charge in [0.15, 0.2) is 4.80 Å². The van der Waals surface area contributed by atoms with Crippen LogP contribution in [0.15, 0.2) is 56.9 Å². The molecule has 3 rings (SSSR count). The molecule has 2 heterocycles. The molecule has 4 nitrogen and oxygen atoms in total. The molecule has 1 aromatic carbocycles. The second-order valence-electron chi connectivity index (χ2n) is 5.10. The zero-order chi connectivity index (χ0) is 15.7. The summed E-state index contributed by atoms with van der Waals surface area (Å²) >= 11 is 4.84. The van der Waals surface area contributed by atoms with Gasteiger partial charge in [-0.15, -0.1) is 0 Å². The van der Waals surface area contributed by atoms with E-state index in [1.165, 1.54) is 11.3 Å². The average molecular weight is 376 g/mol. The molecule has 112 valence electrons. The topological polar surface area (TPSA) is 47.2 Å². The predicted octanol–water partition coefficient (Wildman–Crippen LogP) is 4.03. The summed E-state index contributed by atoms with van der Waals surface area (Å²) in [6, 6.07) is 11.3. The van der Waals surface area contributed by atoms with Crippen molar-refractivity contribution in [2.75, 3.05) is 0 Å². The van der Waals surface area contributed by atoms with Crippen LogP contribution in [0.1, 0.15) is 19.9 Å². The van der Waals surface area contributed by atoms with E-state index in [0.29, 0.717) is 15.0 Å². The first-order chi connectivity index (χ1) is 10.6. The van der Waals surface area contributed by atoms with E-state index in [0.717, 1.165) is 10.2 Å². The van der Waals surface area contributed by atoms with Gasteiger partial charge in [-0.25, -0.2) is 9.98 Å². The van der Waals surface area contributed by atoms with Crippen LogP contribution in [0, 0.1) is 0 Å². The lowest BCUT2D eigenvalue weighted by molar-refractivity contribution is 0.566. The van der Waals surface area contributed by atoms with Crippen LogP contribution in [0.25, 0.3) is 10.2 Å². The Balaban J connectivity index is 2.34. The van der Waals surface area contributed by atoms with Crippen molar-refractivity contribution in [2.24, 2.45) is 4.99 Å². The number of halogens is 1. The summed E-state index contributed by atoms with van der Waals surface area (Å²) in [5.41, 5.74) is 0.760. The van der Waals surface area contributed by atoms with Crippen molar-refractivity contribution < 1.29 is 0 Å². The molecular formula is C16H14BrN3OS. The Bertz CT molecular complexity index is 942. The standard InChI is InChI=1S/C16H14BrN3OS/c1-10(2)20-15(21)13-4-3-9-18-14(13)22-16(20)19-12-7-5-11(17)6-8-12/h3-10H,1-2H3. The van der Waals surface area contributed by atoms with Crippen molar-refractivity contribution in [2.45, 2.75) is 19.9 Å². The highest BCUT2D eigenvalue weighted by molar-refractivity contribution is 9.10. The Labute approximate surface area is 139 Å². The van der Waals surface area contributed by atoms with Crippen LogP contribution in [0.4, 0.5) is 5.69 Å². The van der Waals surface area contributed by atoms with E-state index in [4.69, 9.17) is 0 Å². The van der Waals surface area contributed by atoms with Crippen LogP contribution in [0.3, 0.4) is 0 Å². The minimum absolute atomic E-state index is 0.0301. The molecule has 0 fully saturated rings. The fourth-order valence-corrected chi connectivity index (χ4v) is 3.50. The fraction of sp³-hybridized carbons (Fsp3) is 0.188. The number of fused-ring (bicyclic) bond motifs is 1. The number of aromatic nitrogens is 2. The predicted molar refractivity (Wildman–Crippen MR) is 93.6 cm³/mol. The Kier molecular flexibility index (Phi) is 4.22. The molecule has 0 amide bonds. The van der Waals surface area contributed by atoms with Gasteiger partial charge in [-0.1, -0.05) is 27.3 Å². The van der Waals surface area contributed by atoms with Crippen molar-refractivity contribution in [3.05, 3.63) is 62.2 Å². The molecule has 0 aliphatic heterocycles. The van der Waals surface area contributed by atoms with Gasteiger partial charge in [0.2, 0.25) is 0 Å². The van der Waals surface area contributed by atoms with E-state index in [1.54, 1.807) is 16.8 Å². The normalized spacial score (nSPS) is 12.3. The zero-order valence-electron chi connectivity index (χ0n) is 12.2. The van der Waals surface area contributed by atoms with Crippen molar-refractivity contribution in [1.82, 2.24) is 9.55 Å². The molecule has 6 heteroatoms. The number of benzene rings is 1. The second-order valence-corrected chi connectivity index (χ2v) is 6.97. The highest BCUT2D eigenvalue weighted by Crippen LogP contribution is 2.17. The Hall–Kier alpha value is -1.79. The van der Waals surface area contributed by atoms with Crippen molar-refractivity contribution >= 4 is 43.2 Å². The molecule has 0 saturated carbocycles. The van der Waals surface area contributed by atoms with E-state index in [9.17, 15) is 4.79 Å². The maximum Gasteiger partial charge on any atom is 0.263 e. The van der Waals surface area contributed by atoms with Gasteiger partial charge in [0.1, 0.15) is 4.83 Å². The summed E-state index contributed by atoms with van der Waals surface area (Å²) in [6.07, 6.45) is 1.70. The van der Waals surface area contributed by atoms with Gasteiger partial charge in [0.25, 0.3) is 5.56 Å². The lowest BCUT2D eigenvalue weighted by Gasteiger charge is -2.10. The van der Waals surface area contributed by atoms with Gasteiger partial charge < -0.3 is 0 Å². The van der Waals surface area contributed by atoms with Crippen LogP contribution >= 0.6 is 27.3 Å². The molecule has 0 spiro atoms. The minimum Gasteiger partial charge on any atom is -0.281 e. The van der Waals surface area contributed by atoms with Crippen LogP contribution in [-0.4, -0.2) is 9.55 Å². The van der Waals surface area contributed by atoms with E-state index < -0.39 is 0 Å². The highest BCUT2D eigenvalue weighted by atomic mass is 79.9. The first kappa shape index (κ1) is 15.1. The summed E-state index contributed by atoms with van der Waals surface area (Å²) in [5, 5.41) is 0.635. The van der Waals surface area contributed by atoms with E-state index in [-0.39, 0.29) is 11.6 Å². The summed E-state index contributed by atoms with van der Waals surface area (Å²) in [6.45, 7) is 3.97. The first-order valence-electron chi connectivity index (χ1n) is 6.87. The number of rotatable bonds is 2. The third-order valence-corrected chi connectivity index (χ3v) is 4.70. The number of pyridine rings is 1. The molecule has 0 bridgehead atoms. The van der Waals surface area contributed by atoms with Crippen LogP contribution in [0.5, 0.6) is 0 Å². The molecule has 0 aliphatic carbocycles. The summed E-state index contributed by atoms with van der Waals surface area (Å²) in [5.74, 6) is 0. The number of nitrogens with zero attached hydrogens (tertiary/aromatic N) is 3.